The third-order valence-corrected chi connectivity index (χ3v) is 5.99. The molecule has 1 unspecified atom stereocenters. The Kier molecular flexibility index (Phi) is 5.92. The molecule has 2 aromatic heterocycles. The highest BCUT2D eigenvalue weighted by Gasteiger charge is 2.31. The summed E-state index contributed by atoms with van der Waals surface area (Å²) in [4.78, 5) is 19.8. The van der Waals surface area contributed by atoms with Crippen LogP contribution >= 0.6 is 11.6 Å². The zero-order chi connectivity index (χ0) is 22.8. The van der Waals surface area contributed by atoms with Crippen molar-refractivity contribution in [1.82, 2.24) is 25.2 Å². The Labute approximate surface area is 195 Å². The molecule has 3 heterocycles. The van der Waals surface area contributed by atoms with Crippen LogP contribution in [0.5, 0.6) is 0 Å². The van der Waals surface area contributed by atoms with Crippen molar-refractivity contribution in [2.45, 2.75) is 38.6 Å². The van der Waals surface area contributed by atoms with Gasteiger partial charge in [-0.3, -0.25) is 4.79 Å². The van der Waals surface area contributed by atoms with Gasteiger partial charge in [0.05, 0.1) is 11.1 Å². The van der Waals surface area contributed by atoms with Gasteiger partial charge in [-0.15, -0.1) is 10.2 Å². The first kappa shape index (κ1) is 21.3. The molecule has 0 aliphatic carbocycles. The van der Waals surface area contributed by atoms with E-state index in [1.165, 1.54) is 0 Å². The maximum Gasteiger partial charge on any atom is 0.258 e. The van der Waals surface area contributed by atoms with Crippen LogP contribution in [0.25, 0.3) is 22.9 Å². The summed E-state index contributed by atoms with van der Waals surface area (Å²) in [5.41, 5.74) is 1.94. The van der Waals surface area contributed by atoms with Crippen molar-refractivity contribution >= 4 is 17.5 Å². The average Bonchev–Trinajstić information content (AvgIpc) is 3.48. The second-order valence-electron chi connectivity index (χ2n) is 8.06. The Bertz CT molecular complexity index is 1280. The van der Waals surface area contributed by atoms with Crippen LogP contribution in [0.4, 0.5) is 0 Å². The van der Waals surface area contributed by atoms with E-state index in [9.17, 15) is 4.79 Å². The molecular weight excluding hydrogens is 442 g/mol. The topological polar surface area (TPSA) is 98.2 Å². The van der Waals surface area contributed by atoms with Crippen LogP contribution in [0.15, 0.2) is 57.5 Å². The van der Waals surface area contributed by atoms with Gasteiger partial charge in [-0.25, -0.2) is 0 Å². The quantitative estimate of drug-likeness (QED) is 0.411. The minimum Gasteiger partial charge on any atom is -0.421 e. The number of likely N-dealkylation sites (tertiary alicyclic amines) is 1. The van der Waals surface area contributed by atoms with Crippen molar-refractivity contribution in [2.75, 3.05) is 6.54 Å². The van der Waals surface area contributed by atoms with E-state index < -0.39 is 0 Å². The van der Waals surface area contributed by atoms with E-state index in [0.717, 1.165) is 24.8 Å². The molecule has 0 N–H and O–H groups in total. The number of halogens is 1. The highest BCUT2D eigenvalue weighted by Crippen LogP contribution is 2.28. The number of benzene rings is 2. The van der Waals surface area contributed by atoms with Gasteiger partial charge in [0, 0.05) is 29.6 Å². The summed E-state index contributed by atoms with van der Waals surface area (Å²) in [5, 5.41) is 12.9. The number of piperidine rings is 1. The third kappa shape index (κ3) is 4.52. The molecule has 9 heteroatoms. The van der Waals surface area contributed by atoms with Crippen LogP contribution in [0.2, 0.25) is 5.02 Å². The number of nitrogens with zero attached hydrogens (tertiary/aromatic N) is 5. The number of aromatic nitrogens is 4. The summed E-state index contributed by atoms with van der Waals surface area (Å²) >= 11 is 6.08. The average molecular weight is 464 g/mol. The zero-order valence-corrected chi connectivity index (χ0v) is 18.8. The fourth-order valence-corrected chi connectivity index (χ4v) is 4.36. The highest BCUT2D eigenvalue weighted by molar-refractivity contribution is 6.30. The molecule has 5 rings (SSSR count). The first-order valence-electron chi connectivity index (χ1n) is 10.9. The summed E-state index contributed by atoms with van der Waals surface area (Å²) in [6.07, 6.45) is 3.33. The first-order chi connectivity index (χ1) is 16.1. The SMILES string of the molecule is Cc1noc(-c2ccccc2C(=O)N2CCCCC2Cc2nnc(-c3cccc(Cl)c3)o2)n1. The largest absolute Gasteiger partial charge is 0.421 e. The summed E-state index contributed by atoms with van der Waals surface area (Å²) in [7, 11) is 0. The highest BCUT2D eigenvalue weighted by atomic mass is 35.5. The molecule has 1 fully saturated rings. The Morgan fingerprint density at radius 3 is 2.82 bits per heavy atom. The van der Waals surface area contributed by atoms with Crippen LogP contribution < -0.4 is 0 Å². The third-order valence-electron chi connectivity index (χ3n) is 5.75. The Morgan fingerprint density at radius 1 is 1.12 bits per heavy atom. The minimum atomic E-state index is -0.0688. The predicted molar refractivity (Wildman–Crippen MR) is 122 cm³/mol. The van der Waals surface area contributed by atoms with E-state index in [4.69, 9.17) is 20.5 Å². The molecule has 1 amide bonds. The molecule has 8 nitrogen and oxygen atoms in total. The van der Waals surface area contributed by atoms with E-state index in [1.54, 1.807) is 25.1 Å². The lowest BCUT2D eigenvalue weighted by Crippen LogP contribution is -2.45. The van der Waals surface area contributed by atoms with Crippen LogP contribution in [-0.4, -0.2) is 43.7 Å². The summed E-state index contributed by atoms with van der Waals surface area (Å²) in [5.74, 6) is 1.71. The standard InChI is InChI=1S/C24H22ClN5O3/c1-15-26-23(33-29-15)19-10-2-3-11-20(19)24(31)30-12-5-4-9-18(30)14-21-27-28-22(32-21)16-7-6-8-17(25)13-16/h2-3,6-8,10-11,13,18H,4-5,9,12,14H2,1H3. The van der Waals surface area contributed by atoms with Crippen LogP contribution in [-0.2, 0) is 6.42 Å². The van der Waals surface area contributed by atoms with E-state index in [2.05, 4.69) is 20.3 Å². The number of amides is 1. The molecular formula is C24H22ClN5O3. The van der Waals surface area contributed by atoms with Crippen molar-refractivity contribution in [3.05, 3.63) is 70.8 Å². The number of carbonyl (C=O) groups is 1. The van der Waals surface area contributed by atoms with Crippen molar-refractivity contribution in [1.29, 1.82) is 0 Å². The van der Waals surface area contributed by atoms with E-state index >= 15 is 0 Å². The molecule has 0 spiro atoms. The fraction of sp³-hybridized carbons (Fsp3) is 0.292. The van der Waals surface area contributed by atoms with Gasteiger partial charge in [-0.1, -0.05) is 35.0 Å². The normalized spacial score (nSPS) is 16.2. The van der Waals surface area contributed by atoms with Gasteiger partial charge in [0.15, 0.2) is 5.82 Å². The predicted octanol–water partition coefficient (Wildman–Crippen LogP) is 4.99. The summed E-state index contributed by atoms with van der Waals surface area (Å²) < 4.78 is 11.2. The Balaban J connectivity index is 1.39. The van der Waals surface area contributed by atoms with Crippen molar-refractivity contribution in [3.8, 4) is 22.9 Å². The van der Waals surface area contributed by atoms with Gasteiger partial charge < -0.3 is 13.8 Å². The molecule has 0 saturated carbocycles. The number of rotatable bonds is 5. The van der Waals surface area contributed by atoms with E-state index in [-0.39, 0.29) is 11.9 Å². The maximum absolute atomic E-state index is 13.6. The van der Waals surface area contributed by atoms with Crippen LogP contribution in [0.3, 0.4) is 0 Å². The second-order valence-corrected chi connectivity index (χ2v) is 8.49. The van der Waals surface area contributed by atoms with Gasteiger partial charge in [0.2, 0.25) is 11.8 Å². The molecule has 0 bridgehead atoms. The van der Waals surface area contributed by atoms with Crippen molar-refractivity contribution in [3.63, 3.8) is 0 Å². The molecule has 2 aromatic carbocycles. The lowest BCUT2D eigenvalue weighted by molar-refractivity contribution is 0.0606. The molecule has 1 saturated heterocycles. The van der Waals surface area contributed by atoms with E-state index in [0.29, 0.717) is 52.6 Å². The van der Waals surface area contributed by atoms with E-state index in [1.807, 2.05) is 35.2 Å². The molecule has 1 aliphatic heterocycles. The van der Waals surface area contributed by atoms with Gasteiger partial charge in [-0.05, 0) is 56.5 Å². The fourth-order valence-electron chi connectivity index (χ4n) is 4.17. The zero-order valence-electron chi connectivity index (χ0n) is 18.1. The molecule has 168 valence electrons. The number of hydrogen-bond donors (Lipinski definition) is 0. The molecule has 33 heavy (non-hydrogen) atoms. The maximum atomic E-state index is 13.6. The van der Waals surface area contributed by atoms with Crippen molar-refractivity contribution < 1.29 is 13.7 Å². The molecule has 0 radical (unpaired) electrons. The van der Waals surface area contributed by atoms with Gasteiger partial charge in [-0.2, -0.15) is 4.98 Å². The van der Waals surface area contributed by atoms with Crippen LogP contribution in [0.1, 0.15) is 41.3 Å². The van der Waals surface area contributed by atoms with Gasteiger partial charge in [0.25, 0.3) is 11.8 Å². The molecule has 1 aliphatic rings. The number of hydrogen-bond acceptors (Lipinski definition) is 7. The summed E-state index contributed by atoms with van der Waals surface area (Å²) in [6, 6.07) is 14.6. The Hall–Kier alpha value is -3.52. The Morgan fingerprint density at radius 2 is 2.00 bits per heavy atom. The van der Waals surface area contributed by atoms with Gasteiger partial charge >= 0.3 is 0 Å². The molecule has 4 aromatic rings. The number of aryl methyl sites for hydroxylation is 1. The smallest absolute Gasteiger partial charge is 0.258 e. The van der Waals surface area contributed by atoms with Crippen LogP contribution in [0, 0.1) is 6.92 Å². The first-order valence-corrected chi connectivity index (χ1v) is 11.3. The monoisotopic (exact) mass is 463 g/mol. The molecule has 1 atom stereocenters. The number of carbonyl (C=O) groups excluding carboxylic acids is 1. The lowest BCUT2D eigenvalue weighted by Gasteiger charge is -2.35. The second kappa shape index (κ2) is 9.15. The van der Waals surface area contributed by atoms with Crippen molar-refractivity contribution in [2.24, 2.45) is 0 Å². The van der Waals surface area contributed by atoms with Gasteiger partial charge in [0.1, 0.15) is 0 Å². The summed E-state index contributed by atoms with van der Waals surface area (Å²) in [6.45, 7) is 2.41. The lowest BCUT2D eigenvalue weighted by atomic mass is 9.97. The minimum absolute atomic E-state index is 0.0450.